The van der Waals surface area contributed by atoms with Crippen LogP contribution in [0.5, 0.6) is 11.5 Å². The van der Waals surface area contributed by atoms with Gasteiger partial charge in [-0.2, -0.15) is 0 Å². The number of hydrogen-bond acceptors (Lipinski definition) is 6. The second kappa shape index (κ2) is 6.00. The van der Waals surface area contributed by atoms with E-state index in [2.05, 4.69) is 4.99 Å². The first kappa shape index (κ1) is 14.9. The highest BCUT2D eigenvalue weighted by Gasteiger charge is 2.39. The summed E-state index contributed by atoms with van der Waals surface area (Å²) in [7, 11) is 1.28. The maximum atomic E-state index is 12.0. The Morgan fingerprint density at radius 2 is 1.87 bits per heavy atom. The van der Waals surface area contributed by atoms with Crippen molar-refractivity contribution in [3.05, 3.63) is 59.7 Å². The van der Waals surface area contributed by atoms with E-state index in [0.29, 0.717) is 11.5 Å². The van der Waals surface area contributed by atoms with Crippen LogP contribution in [-0.2, 0) is 14.3 Å². The predicted molar refractivity (Wildman–Crippen MR) is 82.4 cm³/mol. The van der Waals surface area contributed by atoms with Gasteiger partial charge >= 0.3 is 5.97 Å². The molecule has 2 aromatic carbocycles. The highest BCUT2D eigenvalue weighted by Crippen LogP contribution is 2.35. The van der Waals surface area contributed by atoms with Crippen LogP contribution < -0.4 is 0 Å². The minimum atomic E-state index is -0.876. The number of hydrogen-bond donors (Lipinski definition) is 2. The Hall–Kier alpha value is -3.02. The third-order valence-electron chi connectivity index (χ3n) is 3.57. The molecule has 0 bridgehead atoms. The summed E-state index contributed by atoms with van der Waals surface area (Å²) in [5, 5.41) is 19.1. The van der Waals surface area contributed by atoms with Crippen molar-refractivity contribution in [2.24, 2.45) is 4.99 Å². The van der Waals surface area contributed by atoms with Crippen molar-refractivity contribution in [1.29, 1.82) is 0 Å². The van der Waals surface area contributed by atoms with Gasteiger partial charge in [-0.25, -0.2) is 9.79 Å². The van der Waals surface area contributed by atoms with Crippen LogP contribution in [-0.4, -0.2) is 35.2 Å². The van der Waals surface area contributed by atoms with Crippen LogP contribution in [0.15, 0.2) is 53.5 Å². The Labute approximate surface area is 132 Å². The van der Waals surface area contributed by atoms with Gasteiger partial charge in [0.1, 0.15) is 0 Å². The number of phenols is 2. The molecular formula is C17H15NO5. The maximum absolute atomic E-state index is 12.0. The van der Waals surface area contributed by atoms with Gasteiger partial charge in [0.25, 0.3) is 0 Å². The van der Waals surface area contributed by atoms with E-state index in [1.54, 1.807) is 6.07 Å². The first-order valence-corrected chi connectivity index (χ1v) is 6.99. The molecule has 2 aromatic rings. The molecular weight excluding hydrogens is 298 g/mol. The maximum Gasteiger partial charge on any atom is 0.335 e. The predicted octanol–water partition coefficient (Wildman–Crippen LogP) is 2.16. The Morgan fingerprint density at radius 1 is 1.13 bits per heavy atom. The molecule has 0 fully saturated rings. The molecule has 2 N–H and O–H groups in total. The molecule has 0 amide bonds. The quantitative estimate of drug-likeness (QED) is 0.669. The van der Waals surface area contributed by atoms with Gasteiger partial charge in [-0.3, -0.25) is 0 Å². The third-order valence-corrected chi connectivity index (χ3v) is 3.57. The summed E-state index contributed by atoms with van der Waals surface area (Å²) in [5.41, 5.74) is 1.26. The zero-order valence-corrected chi connectivity index (χ0v) is 12.3. The third kappa shape index (κ3) is 2.83. The lowest BCUT2D eigenvalue weighted by atomic mass is 10.0. The average molecular weight is 313 g/mol. The van der Waals surface area contributed by atoms with Gasteiger partial charge in [0.2, 0.25) is 5.90 Å². The van der Waals surface area contributed by atoms with E-state index < -0.39 is 18.1 Å². The summed E-state index contributed by atoms with van der Waals surface area (Å²) < 4.78 is 10.6. The number of phenolic OH excluding ortho intramolecular Hbond substituents is 2. The smallest absolute Gasteiger partial charge is 0.335 e. The lowest BCUT2D eigenvalue weighted by Gasteiger charge is -2.17. The molecule has 6 heteroatoms. The van der Waals surface area contributed by atoms with Crippen LogP contribution in [0.4, 0.5) is 0 Å². The number of ether oxygens (including phenoxy) is 2. The Kier molecular flexibility index (Phi) is 3.89. The molecule has 1 heterocycles. The molecule has 0 saturated carbocycles. The summed E-state index contributed by atoms with van der Waals surface area (Å²) in [6.07, 6.45) is -0.732. The Balaban J connectivity index is 1.97. The fourth-order valence-electron chi connectivity index (χ4n) is 2.40. The second-order valence-electron chi connectivity index (χ2n) is 5.05. The first-order chi connectivity index (χ1) is 11.1. The number of aliphatic imine (C=N–C) groups is 1. The molecule has 0 aromatic heterocycles. The van der Waals surface area contributed by atoms with E-state index in [1.807, 2.05) is 30.3 Å². The number of esters is 1. The normalized spacial score (nSPS) is 19.8. The molecule has 0 unspecified atom stereocenters. The number of carbonyl (C=O) groups is 1. The van der Waals surface area contributed by atoms with Gasteiger partial charge in [-0.15, -0.1) is 0 Å². The van der Waals surface area contributed by atoms with Crippen molar-refractivity contribution in [3.63, 3.8) is 0 Å². The number of carbonyl (C=O) groups excluding carboxylic acids is 1. The van der Waals surface area contributed by atoms with Crippen LogP contribution >= 0.6 is 0 Å². The number of methoxy groups -OCH3 is 1. The Morgan fingerprint density at radius 3 is 2.52 bits per heavy atom. The summed E-state index contributed by atoms with van der Waals surface area (Å²) in [6.45, 7) is 0. The van der Waals surface area contributed by atoms with Gasteiger partial charge in [0.05, 0.1) is 7.11 Å². The van der Waals surface area contributed by atoms with E-state index in [-0.39, 0.29) is 11.5 Å². The van der Waals surface area contributed by atoms with Crippen molar-refractivity contribution in [1.82, 2.24) is 0 Å². The van der Waals surface area contributed by atoms with Crippen LogP contribution in [0.25, 0.3) is 0 Å². The molecule has 118 valence electrons. The largest absolute Gasteiger partial charge is 0.504 e. The zero-order chi connectivity index (χ0) is 16.4. The topological polar surface area (TPSA) is 88.4 Å². The summed E-state index contributed by atoms with van der Waals surface area (Å²) in [4.78, 5) is 16.3. The minimum absolute atomic E-state index is 0.245. The average Bonchev–Trinajstić information content (AvgIpc) is 3.03. The molecule has 3 rings (SSSR count). The number of benzene rings is 2. The SMILES string of the molecule is COC(=O)[C@H]1N=C(c2ccccc2)O[C@@H]1c1ccc(O)c(O)c1. The van der Waals surface area contributed by atoms with Crippen molar-refractivity contribution in [2.45, 2.75) is 12.1 Å². The fourth-order valence-corrected chi connectivity index (χ4v) is 2.40. The number of rotatable bonds is 3. The van der Waals surface area contributed by atoms with E-state index >= 15 is 0 Å². The van der Waals surface area contributed by atoms with Crippen molar-refractivity contribution in [3.8, 4) is 11.5 Å². The van der Waals surface area contributed by atoms with Crippen molar-refractivity contribution < 1.29 is 24.5 Å². The summed E-state index contributed by atoms with van der Waals surface area (Å²) >= 11 is 0. The van der Waals surface area contributed by atoms with Crippen LogP contribution in [0, 0.1) is 0 Å². The Bertz CT molecular complexity index is 757. The number of aromatic hydroxyl groups is 2. The molecule has 1 aliphatic rings. The molecule has 0 saturated heterocycles. The van der Waals surface area contributed by atoms with E-state index in [9.17, 15) is 15.0 Å². The van der Waals surface area contributed by atoms with Gasteiger partial charge in [0.15, 0.2) is 23.6 Å². The zero-order valence-electron chi connectivity index (χ0n) is 12.3. The van der Waals surface area contributed by atoms with E-state index in [1.165, 1.54) is 19.2 Å². The molecule has 2 atom stereocenters. The van der Waals surface area contributed by atoms with Gasteiger partial charge in [0, 0.05) is 5.56 Å². The molecule has 6 nitrogen and oxygen atoms in total. The number of nitrogens with zero attached hydrogens (tertiary/aromatic N) is 1. The highest BCUT2D eigenvalue weighted by atomic mass is 16.5. The van der Waals surface area contributed by atoms with Gasteiger partial charge in [-0.1, -0.05) is 24.3 Å². The lowest BCUT2D eigenvalue weighted by molar-refractivity contribution is -0.143. The van der Waals surface area contributed by atoms with Gasteiger partial charge in [-0.05, 0) is 29.8 Å². The van der Waals surface area contributed by atoms with Crippen LogP contribution in [0.2, 0.25) is 0 Å². The summed E-state index contributed by atoms with van der Waals surface area (Å²) in [6, 6.07) is 12.6. The van der Waals surface area contributed by atoms with Crippen LogP contribution in [0.3, 0.4) is 0 Å². The van der Waals surface area contributed by atoms with Crippen molar-refractivity contribution >= 4 is 11.9 Å². The molecule has 1 aliphatic heterocycles. The van der Waals surface area contributed by atoms with E-state index in [0.717, 1.165) is 5.56 Å². The van der Waals surface area contributed by atoms with E-state index in [4.69, 9.17) is 9.47 Å². The first-order valence-electron chi connectivity index (χ1n) is 6.99. The minimum Gasteiger partial charge on any atom is -0.504 e. The fraction of sp³-hybridized carbons (Fsp3) is 0.176. The standard InChI is InChI=1S/C17H15NO5/c1-22-17(21)14-15(11-7-8-12(19)13(20)9-11)23-16(18-14)10-5-3-2-4-6-10/h2-9,14-15,19-20H,1H3/t14-,15+/m0/s1. The molecule has 0 aliphatic carbocycles. The molecule has 0 spiro atoms. The monoisotopic (exact) mass is 313 g/mol. The molecule has 0 radical (unpaired) electrons. The summed E-state index contributed by atoms with van der Waals surface area (Å²) in [5.74, 6) is -0.736. The van der Waals surface area contributed by atoms with Crippen molar-refractivity contribution in [2.75, 3.05) is 7.11 Å². The van der Waals surface area contributed by atoms with Gasteiger partial charge < -0.3 is 19.7 Å². The second-order valence-corrected chi connectivity index (χ2v) is 5.05. The highest BCUT2D eigenvalue weighted by molar-refractivity contribution is 5.98. The lowest BCUT2D eigenvalue weighted by Crippen LogP contribution is -2.25. The molecule has 23 heavy (non-hydrogen) atoms. The van der Waals surface area contributed by atoms with Crippen LogP contribution in [0.1, 0.15) is 17.2 Å².